The summed E-state index contributed by atoms with van der Waals surface area (Å²) in [7, 11) is 0. The minimum atomic E-state index is -0.520. The van der Waals surface area contributed by atoms with E-state index in [-0.39, 0.29) is 17.0 Å². The second-order valence-electron chi connectivity index (χ2n) is 4.37. The predicted molar refractivity (Wildman–Crippen MR) is 63.1 cm³/mol. The van der Waals surface area contributed by atoms with Crippen molar-refractivity contribution in [3.63, 3.8) is 0 Å². The molecular formula is C11H14ClFN2O. The van der Waals surface area contributed by atoms with Gasteiger partial charge in [-0.15, -0.1) is 0 Å². The summed E-state index contributed by atoms with van der Waals surface area (Å²) in [6.45, 7) is 0.796. The summed E-state index contributed by atoms with van der Waals surface area (Å²) in [6, 6.07) is 2.67. The smallest absolute Gasteiger partial charge is 0.143 e. The molecule has 3 nitrogen and oxygen atoms in total. The van der Waals surface area contributed by atoms with Gasteiger partial charge in [0.1, 0.15) is 5.82 Å². The molecular weight excluding hydrogens is 231 g/mol. The van der Waals surface area contributed by atoms with Crippen molar-refractivity contribution in [3.05, 3.63) is 23.0 Å². The Hall–Kier alpha value is -1.00. The van der Waals surface area contributed by atoms with Crippen LogP contribution in [0.2, 0.25) is 5.02 Å². The molecule has 0 atom stereocenters. The van der Waals surface area contributed by atoms with E-state index in [1.807, 2.05) is 0 Å². The first-order valence-corrected chi connectivity index (χ1v) is 5.53. The number of benzene rings is 1. The van der Waals surface area contributed by atoms with Crippen LogP contribution in [0, 0.1) is 11.2 Å². The fourth-order valence-corrected chi connectivity index (χ4v) is 1.73. The van der Waals surface area contributed by atoms with Crippen LogP contribution in [0.4, 0.5) is 15.8 Å². The number of rotatable bonds is 4. The van der Waals surface area contributed by atoms with Crippen LogP contribution in [0.5, 0.6) is 0 Å². The number of nitrogens with two attached hydrogens (primary N) is 1. The van der Waals surface area contributed by atoms with Gasteiger partial charge in [0, 0.05) is 18.0 Å². The van der Waals surface area contributed by atoms with Gasteiger partial charge in [-0.25, -0.2) is 4.39 Å². The molecule has 0 saturated heterocycles. The number of nitrogens with one attached hydrogen (secondary N) is 1. The zero-order valence-corrected chi connectivity index (χ0v) is 9.52. The van der Waals surface area contributed by atoms with Crippen molar-refractivity contribution >= 4 is 23.0 Å². The second kappa shape index (κ2) is 4.11. The lowest BCUT2D eigenvalue weighted by Gasteiger charge is -2.15. The Balaban J connectivity index is 2.07. The number of hydrogen-bond donors (Lipinski definition) is 3. The molecule has 0 bridgehead atoms. The Morgan fingerprint density at radius 2 is 2.19 bits per heavy atom. The van der Waals surface area contributed by atoms with E-state index in [0.29, 0.717) is 17.9 Å². The van der Waals surface area contributed by atoms with Gasteiger partial charge in [0.2, 0.25) is 0 Å². The van der Waals surface area contributed by atoms with Crippen molar-refractivity contribution in [2.45, 2.75) is 12.8 Å². The molecule has 1 aromatic rings. The number of halogens is 2. The summed E-state index contributed by atoms with van der Waals surface area (Å²) >= 11 is 5.67. The van der Waals surface area contributed by atoms with E-state index in [4.69, 9.17) is 22.4 Å². The number of aliphatic hydroxyl groups is 1. The van der Waals surface area contributed by atoms with E-state index in [2.05, 4.69) is 5.32 Å². The van der Waals surface area contributed by atoms with Crippen molar-refractivity contribution in [2.24, 2.45) is 5.41 Å². The number of nitrogen functional groups attached to an aromatic ring is 1. The summed E-state index contributed by atoms with van der Waals surface area (Å²) in [4.78, 5) is 0. The van der Waals surface area contributed by atoms with Crippen LogP contribution in [0.15, 0.2) is 12.1 Å². The SMILES string of the molecule is Nc1cc(F)c(Cl)cc1NCC1(CO)CC1. The van der Waals surface area contributed by atoms with Crippen molar-refractivity contribution in [1.29, 1.82) is 0 Å². The molecule has 1 fully saturated rings. The fourth-order valence-electron chi connectivity index (χ4n) is 1.57. The molecule has 0 unspecified atom stereocenters. The molecule has 2 rings (SSSR count). The molecule has 0 spiro atoms. The average molecular weight is 245 g/mol. The Morgan fingerprint density at radius 3 is 2.75 bits per heavy atom. The molecule has 0 radical (unpaired) electrons. The fraction of sp³-hybridized carbons (Fsp3) is 0.455. The van der Waals surface area contributed by atoms with Crippen molar-refractivity contribution in [3.8, 4) is 0 Å². The highest BCUT2D eigenvalue weighted by Gasteiger charge is 2.41. The highest BCUT2D eigenvalue weighted by Crippen LogP contribution is 2.45. The first-order valence-electron chi connectivity index (χ1n) is 5.16. The molecule has 1 aliphatic rings. The molecule has 16 heavy (non-hydrogen) atoms. The van der Waals surface area contributed by atoms with Gasteiger partial charge in [0.25, 0.3) is 0 Å². The lowest BCUT2D eigenvalue weighted by molar-refractivity contribution is 0.220. The summed E-state index contributed by atoms with van der Waals surface area (Å²) in [5.74, 6) is -0.520. The van der Waals surface area contributed by atoms with Crippen LogP contribution in [-0.2, 0) is 0 Å². The molecule has 1 saturated carbocycles. The predicted octanol–water partition coefficient (Wildman–Crippen LogP) is 2.25. The Bertz CT molecular complexity index is 407. The largest absolute Gasteiger partial charge is 0.397 e. The lowest BCUT2D eigenvalue weighted by atomic mass is 10.1. The van der Waals surface area contributed by atoms with Gasteiger partial charge in [-0.3, -0.25) is 0 Å². The molecule has 0 aromatic heterocycles. The first kappa shape index (κ1) is 11.5. The Labute approximate surface area is 98.4 Å². The first-order chi connectivity index (χ1) is 7.56. The minimum absolute atomic E-state index is 0.0205. The van der Waals surface area contributed by atoms with Gasteiger partial charge in [-0.1, -0.05) is 11.6 Å². The van der Waals surface area contributed by atoms with Crippen molar-refractivity contribution < 1.29 is 9.50 Å². The van der Waals surface area contributed by atoms with Gasteiger partial charge in [-0.05, 0) is 18.9 Å². The molecule has 0 heterocycles. The van der Waals surface area contributed by atoms with Crippen LogP contribution >= 0.6 is 11.6 Å². The van der Waals surface area contributed by atoms with E-state index < -0.39 is 5.82 Å². The van der Waals surface area contributed by atoms with E-state index in [0.717, 1.165) is 12.8 Å². The summed E-state index contributed by atoms with van der Waals surface area (Å²) in [5, 5.41) is 12.3. The maximum absolute atomic E-state index is 13.0. The summed E-state index contributed by atoms with van der Waals surface area (Å²) < 4.78 is 13.0. The Morgan fingerprint density at radius 1 is 1.50 bits per heavy atom. The molecule has 1 aromatic carbocycles. The molecule has 5 heteroatoms. The quantitative estimate of drug-likeness (QED) is 0.712. The van der Waals surface area contributed by atoms with Gasteiger partial charge in [0.05, 0.1) is 23.0 Å². The zero-order valence-electron chi connectivity index (χ0n) is 8.76. The molecule has 4 N–H and O–H groups in total. The number of aliphatic hydroxyl groups excluding tert-OH is 1. The third-order valence-corrected chi connectivity index (χ3v) is 3.33. The lowest BCUT2D eigenvalue weighted by Crippen LogP contribution is -2.19. The van der Waals surface area contributed by atoms with Gasteiger partial charge in [0.15, 0.2) is 0 Å². The topological polar surface area (TPSA) is 58.3 Å². The van der Waals surface area contributed by atoms with Crippen LogP contribution < -0.4 is 11.1 Å². The van der Waals surface area contributed by atoms with Crippen molar-refractivity contribution in [1.82, 2.24) is 0 Å². The maximum Gasteiger partial charge on any atom is 0.143 e. The van der Waals surface area contributed by atoms with E-state index in [1.54, 1.807) is 0 Å². The highest BCUT2D eigenvalue weighted by molar-refractivity contribution is 6.31. The van der Waals surface area contributed by atoms with Crippen LogP contribution in [0.25, 0.3) is 0 Å². The average Bonchev–Trinajstić information content (AvgIpc) is 3.02. The van der Waals surface area contributed by atoms with Gasteiger partial charge >= 0.3 is 0 Å². The Kier molecular flexibility index (Phi) is 2.95. The van der Waals surface area contributed by atoms with E-state index in [1.165, 1.54) is 12.1 Å². The third kappa shape index (κ3) is 2.23. The van der Waals surface area contributed by atoms with E-state index >= 15 is 0 Å². The molecule has 0 aliphatic heterocycles. The third-order valence-electron chi connectivity index (χ3n) is 3.04. The molecule has 88 valence electrons. The van der Waals surface area contributed by atoms with Crippen LogP contribution in [-0.4, -0.2) is 18.3 Å². The maximum atomic E-state index is 13.0. The summed E-state index contributed by atoms with van der Waals surface area (Å²) in [6.07, 6.45) is 2.01. The number of anilines is 2. The number of hydrogen-bond acceptors (Lipinski definition) is 3. The highest BCUT2D eigenvalue weighted by atomic mass is 35.5. The van der Waals surface area contributed by atoms with Gasteiger partial charge < -0.3 is 16.2 Å². The molecule has 0 amide bonds. The van der Waals surface area contributed by atoms with Crippen molar-refractivity contribution in [2.75, 3.05) is 24.2 Å². The van der Waals surface area contributed by atoms with E-state index in [9.17, 15) is 4.39 Å². The van der Waals surface area contributed by atoms with Gasteiger partial charge in [-0.2, -0.15) is 0 Å². The minimum Gasteiger partial charge on any atom is -0.397 e. The van der Waals surface area contributed by atoms with Crippen LogP contribution in [0.3, 0.4) is 0 Å². The summed E-state index contributed by atoms with van der Waals surface area (Å²) in [5.41, 5.74) is 6.58. The standard InChI is InChI=1S/C11H14ClFN2O/c12-7-3-10(9(14)4-8(7)13)15-5-11(6-16)1-2-11/h3-4,15-16H,1-2,5-6,14H2. The second-order valence-corrected chi connectivity index (χ2v) is 4.77. The molecule has 1 aliphatic carbocycles. The van der Waals surface area contributed by atoms with Crippen LogP contribution in [0.1, 0.15) is 12.8 Å². The normalized spacial score (nSPS) is 17.2. The zero-order chi connectivity index (χ0) is 11.8. The monoisotopic (exact) mass is 244 g/mol.